The number of carbonyl (C=O) groups is 1. The highest BCUT2D eigenvalue weighted by Gasteiger charge is 2.23. The van der Waals surface area contributed by atoms with Crippen molar-refractivity contribution in [2.45, 2.75) is 32.6 Å². The topological polar surface area (TPSA) is 55.6 Å². The van der Waals surface area contributed by atoms with E-state index in [-0.39, 0.29) is 5.91 Å². The lowest BCUT2D eigenvalue weighted by atomic mass is 9.99. The Morgan fingerprint density at radius 3 is 2.88 bits per heavy atom. The second kappa shape index (κ2) is 7.39. The van der Waals surface area contributed by atoms with Crippen LogP contribution in [0.3, 0.4) is 0 Å². The fourth-order valence-corrected chi connectivity index (χ4v) is 3.29. The fraction of sp³-hybridized carbons (Fsp3) is 0.350. The molecular formula is C20H24N2O2. The number of rotatable bonds is 5. The summed E-state index contributed by atoms with van der Waals surface area (Å²) in [7, 11) is 0. The van der Waals surface area contributed by atoms with E-state index in [1.807, 2.05) is 54.3 Å². The van der Waals surface area contributed by atoms with Crippen LogP contribution in [0.5, 0.6) is 5.75 Å². The van der Waals surface area contributed by atoms with Crippen LogP contribution in [0, 0.1) is 0 Å². The molecule has 4 heteroatoms. The van der Waals surface area contributed by atoms with Crippen LogP contribution in [0.25, 0.3) is 0 Å². The number of amides is 1. The van der Waals surface area contributed by atoms with E-state index in [2.05, 4.69) is 0 Å². The molecule has 1 aliphatic rings. The molecule has 0 bridgehead atoms. The van der Waals surface area contributed by atoms with Crippen LogP contribution < -0.4 is 15.4 Å². The molecule has 1 aliphatic heterocycles. The van der Waals surface area contributed by atoms with Crippen molar-refractivity contribution in [3.05, 3.63) is 53.6 Å². The fourth-order valence-electron chi connectivity index (χ4n) is 3.29. The molecular weight excluding hydrogens is 300 g/mol. The minimum absolute atomic E-state index is 0.146. The molecule has 0 aliphatic carbocycles. The molecule has 0 aromatic heterocycles. The molecule has 0 radical (unpaired) electrons. The van der Waals surface area contributed by atoms with Gasteiger partial charge in [0, 0.05) is 24.3 Å². The van der Waals surface area contributed by atoms with Crippen LogP contribution >= 0.6 is 0 Å². The third-order valence-corrected chi connectivity index (χ3v) is 4.47. The summed E-state index contributed by atoms with van der Waals surface area (Å²) in [5.41, 5.74) is 10.0. The highest BCUT2D eigenvalue weighted by atomic mass is 16.5. The van der Waals surface area contributed by atoms with Crippen LogP contribution in [-0.4, -0.2) is 19.1 Å². The molecule has 2 aromatic carbocycles. The summed E-state index contributed by atoms with van der Waals surface area (Å²) >= 11 is 0. The molecule has 0 unspecified atom stereocenters. The number of carbonyl (C=O) groups excluding carboxylic acids is 1. The number of nitrogens with two attached hydrogens (primary N) is 1. The zero-order valence-corrected chi connectivity index (χ0v) is 14.1. The summed E-state index contributed by atoms with van der Waals surface area (Å²) < 4.78 is 5.65. The SMILES string of the molecule is CCOc1ccccc1CCC(=O)N1CCCc2c(N)cccc21. The van der Waals surface area contributed by atoms with E-state index in [9.17, 15) is 4.79 Å². The van der Waals surface area contributed by atoms with Crippen LogP contribution in [0.2, 0.25) is 0 Å². The summed E-state index contributed by atoms with van der Waals surface area (Å²) in [6.45, 7) is 3.36. The third kappa shape index (κ3) is 3.37. The van der Waals surface area contributed by atoms with E-state index in [0.29, 0.717) is 19.4 Å². The zero-order chi connectivity index (χ0) is 16.9. The molecule has 2 N–H and O–H groups in total. The van der Waals surface area contributed by atoms with Crippen molar-refractivity contribution >= 4 is 17.3 Å². The van der Waals surface area contributed by atoms with Gasteiger partial charge >= 0.3 is 0 Å². The van der Waals surface area contributed by atoms with Crippen LogP contribution in [0.1, 0.15) is 30.9 Å². The van der Waals surface area contributed by atoms with Gasteiger partial charge < -0.3 is 15.4 Å². The van der Waals surface area contributed by atoms with Gasteiger partial charge in [-0.1, -0.05) is 24.3 Å². The summed E-state index contributed by atoms with van der Waals surface area (Å²) in [5.74, 6) is 1.02. The third-order valence-electron chi connectivity index (χ3n) is 4.47. The minimum atomic E-state index is 0.146. The van der Waals surface area contributed by atoms with E-state index >= 15 is 0 Å². The normalized spacial score (nSPS) is 13.5. The molecule has 4 nitrogen and oxygen atoms in total. The van der Waals surface area contributed by atoms with Crippen LogP contribution in [0.15, 0.2) is 42.5 Å². The highest BCUT2D eigenvalue weighted by Crippen LogP contribution is 2.32. The first-order valence-corrected chi connectivity index (χ1v) is 8.59. The first kappa shape index (κ1) is 16.4. The molecule has 126 valence electrons. The number of fused-ring (bicyclic) bond motifs is 1. The molecule has 0 saturated heterocycles. The molecule has 1 amide bonds. The maximum atomic E-state index is 12.8. The van der Waals surface area contributed by atoms with Gasteiger partial charge in [-0.2, -0.15) is 0 Å². The van der Waals surface area contributed by atoms with E-state index in [4.69, 9.17) is 10.5 Å². The number of aryl methyl sites for hydroxylation is 1. The summed E-state index contributed by atoms with van der Waals surface area (Å²) in [4.78, 5) is 14.6. The van der Waals surface area contributed by atoms with Gasteiger partial charge in [0.05, 0.1) is 6.61 Å². The number of ether oxygens (including phenoxy) is 1. The number of hydrogen-bond acceptors (Lipinski definition) is 3. The molecule has 0 spiro atoms. The van der Waals surface area contributed by atoms with Crippen molar-refractivity contribution in [3.8, 4) is 5.75 Å². The lowest BCUT2D eigenvalue weighted by molar-refractivity contribution is -0.118. The number of nitrogen functional groups attached to an aromatic ring is 1. The predicted octanol–water partition coefficient (Wildman–Crippen LogP) is 3.58. The molecule has 24 heavy (non-hydrogen) atoms. The highest BCUT2D eigenvalue weighted by molar-refractivity contribution is 5.95. The number of nitrogens with zero attached hydrogens (tertiary/aromatic N) is 1. The largest absolute Gasteiger partial charge is 0.494 e. The number of benzene rings is 2. The van der Waals surface area contributed by atoms with Gasteiger partial charge in [0.25, 0.3) is 0 Å². The molecule has 0 saturated carbocycles. The van der Waals surface area contributed by atoms with Crippen molar-refractivity contribution in [1.82, 2.24) is 0 Å². The summed E-state index contributed by atoms with van der Waals surface area (Å²) in [5, 5.41) is 0. The zero-order valence-electron chi connectivity index (χ0n) is 14.1. The second-order valence-corrected chi connectivity index (χ2v) is 6.03. The number of para-hydroxylation sites is 1. The number of hydrogen-bond donors (Lipinski definition) is 1. The Morgan fingerprint density at radius 1 is 1.21 bits per heavy atom. The standard InChI is InChI=1S/C20H24N2O2/c1-2-24-19-11-4-3-7-15(19)12-13-20(23)22-14-6-8-16-17(21)9-5-10-18(16)22/h3-5,7,9-11H,2,6,8,12-14,21H2,1H3. The van der Waals surface area contributed by atoms with Gasteiger partial charge in [0.15, 0.2) is 0 Å². The van der Waals surface area contributed by atoms with Gasteiger partial charge in [0.2, 0.25) is 5.91 Å². The van der Waals surface area contributed by atoms with Gasteiger partial charge in [0.1, 0.15) is 5.75 Å². The molecule has 0 fully saturated rings. The molecule has 1 heterocycles. The Bertz CT molecular complexity index is 727. The summed E-state index contributed by atoms with van der Waals surface area (Å²) in [6.07, 6.45) is 3.06. The first-order valence-electron chi connectivity index (χ1n) is 8.59. The van der Waals surface area contributed by atoms with E-state index < -0.39 is 0 Å². The Kier molecular flexibility index (Phi) is 5.04. The lowest BCUT2D eigenvalue weighted by Crippen LogP contribution is -2.35. The van der Waals surface area contributed by atoms with Crippen molar-refractivity contribution in [3.63, 3.8) is 0 Å². The lowest BCUT2D eigenvalue weighted by Gasteiger charge is -2.30. The quantitative estimate of drug-likeness (QED) is 0.855. The maximum absolute atomic E-state index is 12.8. The Labute approximate surface area is 143 Å². The molecule has 2 aromatic rings. The van der Waals surface area contributed by atoms with Crippen molar-refractivity contribution in [2.75, 3.05) is 23.8 Å². The van der Waals surface area contributed by atoms with Gasteiger partial charge in [-0.15, -0.1) is 0 Å². The minimum Gasteiger partial charge on any atom is -0.494 e. The van der Waals surface area contributed by atoms with Crippen molar-refractivity contribution in [1.29, 1.82) is 0 Å². The van der Waals surface area contributed by atoms with Crippen molar-refractivity contribution in [2.24, 2.45) is 0 Å². The molecule has 3 rings (SSSR count). The summed E-state index contributed by atoms with van der Waals surface area (Å²) in [6, 6.07) is 13.8. The van der Waals surface area contributed by atoms with Crippen molar-refractivity contribution < 1.29 is 9.53 Å². The average molecular weight is 324 g/mol. The Hall–Kier alpha value is -2.49. The second-order valence-electron chi connectivity index (χ2n) is 6.03. The molecule has 0 atom stereocenters. The predicted molar refractivity (Wildman–Crippen MR) is 97.5 cm³/mol. The van der Waals surface area contributed by atoms with Crippen LogP contribution in [0.4, 0.5) is 11.4 Å². The maximum Gasteiger partial charge on any atom is 0.227 e. The number of anilines is 2. The van der Waals surface area contributed by atoms with Crippen LogP contribution in [-0.2, 0) is 17.6 Å². The van der Waals surface area contributed by atoms with Gasteiger partial charge in [-0.25, -0.2) is 0 Å². The Morgan fingerprint density at radius 2 is 2.04 bits per heavy atom. The van der Waals surface area contributed by atoms with Gasteiger partial charge in [-0.05, 0) is 55.5 Å². The average Bonchev–Trinajstić information content (AvgIpc) is 2.61. The first-order chi connectivity index (χ1) is 11.7. The smallest absolute Gasteiger partial charge is 0.227 e. The van der Waals surface area contributed by atoms with E-state index in [0.717, 1.165) is 47.6 Å². The van der Waals surface area contributed by atoms with E-state index in [1.54, 1.807) is 0 Å². The monoisotopic (exact) mass is 324 g/mol. The Balaban J connectivity index is 1.72. The van der Waals surface area contributed by atoms with E-state index in [1.165, 1.54) is 0 Å². The van der Waals surface area contributed by atoms with Gasteiger partial charge in [-0.3, -0.25) is 4.79 Å².